The largest absolute Gasteiger partial charge is 0.385 e. The molecule has 0 bridgehead atoms. The first kappa shape index (κ1) is 16.8. The Morgan fingerprint density at radius 2 is 2.14 bits per heavy atom. The average molecular weight is 290 g/mol. The molecule has 1 rings (SSSR count). The number of nitrogens with zero attached hydrogens (tertiary/aromatic N) is 3. The van der Waals surface area contributed by atoms with Crippen molar-refractivity contribution >= 4 is 17.1 Å². The molecule has 0 spiro atoms. The molecule has 1 N–H and O–H groups in total. The molecule has 114 valence electrons. The third-order valence-corrected chi connectivity index (χ3v) is 3.11. The van der Waals surface area contributed by atoms with Crippen LogP contribution in [0.1, 0.15) is 33.6 Å². The highest BCUT2D eigenvalue weighted by molar-refractivity contribution is 5.64. The van der Waals surface area contributed by atoms with Crippen LogP contribution in [0.5, 0.6) is 0 Å². The van der Waals surface area contributed by atoms with Crippen LogP contribution in [0.2, 0.25) is 0 Å². The van der Waals surface area contributed by atoms with Gasteiger partial charge in [-0.2, -0.15) is 5.26 Å². The molecule has 6 nitrogen and oxygen atoms in total. The highest BCUT2D eigenvalue weighted by atomic mass is 16.6. The zero-order valence-corrected chi connectivity index (χ0v) is 12.8. The zero-order chi connectivity index (χ0) is 15.8. The van der Waals surface area contributed by atoms with Crippen LogP contribution in [-0.2, 0) is 0 Å². The third kappa shape index (κ3) is 4.95. The maximum atomic E-state index is 11.1. The van der Waals surface area contributed by atoms with Crippen LogP contribution in [0, 0.1) is 21.4 Å². The Hall–Kier alpha value is -2.29. The van der Waals surface area contributed by atoms with E-state index in [0.29, 0.717) is 13.0 Å². The van der Waals surface area contributed by atoms with Crippen molar-refractivity contribution in [3.8, 4) is 6.07 Å². The molecule has 1 aromatic carbocycles. The number of hydrogen-bond acceptors (Lipinski definition) is 5. The molecule has 0 amide bonds. The minimum absolute atomic E-state index is 0.0636. The van der Waals surface area contributed by atoms with E-state index in [1.165, 1.54) is 0 Å². The van der Waals surface area contributed by atoms with Crippen molar-refractivity contribution in [3.63, 3.8) is 0 Å². The number of benzene rings is 1. The van der Waals surface area contributed by atoms with Gasteiger partial charge in [0.2, 0.25) is 0 Å². The van der Waals surface area contributed by atoms with Crippen LogP contribution < -0.4 is 10.2 Å². The van der Waals surface area contributed by atoms with Gasteiger partial charge >= 0.3 is 0 Å². The summed E-state index contributed by atoms with van der Waals surface area (Å²) in [5.41, 5.74) is 1.57. The van der Waals surface area contributed by atoms with Crippen LogP contribution in [0.25, 0.3) is 0 Å². The SMILES string of the molecule is CCCNc1cc(N(CCC#N)C(C)C)cc([N+](=O)[O-])c1. The second-order valence-corrected chi connectivity index (χ2v) is 5.12. The van der Waals surface area contributed by atoms with Gasteiger partial charge in [-0.1, -0.05) is 6.92 Å². The lowest BCUT2D eigenvalue weighted by Crippen LogP contribution is -2.31. The molecule has 0 saturated heterocycles. The Balaban J connectivity index is 3.15. The minimum atomic E-state index is -0.385. The molecule has 6 heteroatoms. The fourth-order valence-corrected chi connectivity index (χ4v) is 2.09. The van der Waals surface area contributed by atoms with Crippen molar-refractivity contribution in [2.75, 3.05) is 23.3 Å². The van der Waals surface area contributed by atoms with Crippen LogP contribution in [0.3, 0.4) is 0 Å². The van der Waals surface area contributed by atoms with E-state index in [9.17, 15) is 10.1 Å². The van der Waals surface area contributed by atoms with Crippen LogP contribution >= 0.6 is 0 Å². The highest BCUT2D eigenvalue weighted by Gasteiger charge is 2.16. The number of nitro benzene ring substituents is 1. The summed E-state index contributed by atoms with van der Waals surface area (Å²) in [6.45, 7) is 7.38. The molecule has 0 unspecified atom stereocenters. The molecule has 0 aromatic heterocycles. The molecular formula is C15H22N4O2. The summed E-state index contributed by atoms with van der Waals surface area (Å²) in [6.07, 6.45) is 1.33. The first-order valence-corrected chi connectivity index (χ1v) is 7.16. The van der Waals surface area contributed by atoms with Gasteiger partial charge in [-0.25, -0.2) is 0 Å². The van der Waals surface area contributed by atoms with Gasteiger partial charge in [0.25, 0.3) is 5.69 Å². The lowest BCUT2D eigenvalue weighted by atomic mass is 10.2. The van der Waals surface area contributed by atoms with Crippen molar-refractivity contribution in [2.24, 2.45) is 0 Å². The highest BCUT2D eigenvalue weighted by Crippen LogP contribution is 2.28. The van der Waals surface area contributed by atoms with Crippen LogP contribution in [-0.4, -0.2) is 24.1 Å². The monoisotopic (exact) mass is 290 g/mol. The molecule has 1 aromatic rings. The van der Waals surface area contributed by atoms with Gasteiger partial charge in [0.05, 0.1) is 17.4 Å². The number of hydrogen-bond donors (Lipinski definition) is 1. The van der Waals surface area contributed by atoms with E-state index in [-0.39, 0.29) is 16.7 Å². The zero-order valence-electron chi connectivity index (χ0n) is 12.8. The van der Waals surface area contributed by atoms with E-state index < -0.39 is 0 Å². The summed E-state index contributed by atoms with van der Waals surface area (Å²) in [4.78, 5) is 12.7. The van der Waals surface area contributed by atoms with Gasteiger partial charge in [0.15, 0.2) is 0 Å². The van der Waals surface area contributed by atoms with Gasteiger partial charge in [-0.15, -0.1) is 0 Å². The number of anilines is 2. The summed E-state index contributed by atoms with van der Waals surface area (Å²) in [5.74, 6) is 0. The number of nitriles is 1. The lowest BCUT2D eigenvalue weighted by Gasteiger charge is -2.28. The Morgan fingerprint density at radius 3 is 2.67 bits per heavy atom. The lowest BCUT2D eigenvalue weighted by molar-refractivity contribution is -0.384. The van der Waals surface area contributed by atoms with Crippen molar-refractivity contribution in [1.82, 2.24) is 0 Å². The molecule has 0 aliphatic heterocycles. The smallest absolute Gasteiger partial charge is 0.273 e. The molecule has 0 fully saturated rings. The summed E-state index contributed by atoms with van der Waals surface area (Å²) < 4.78 is 0. The van der Waals surface area contributed by atoms with Gasteiger partial charge in [-0.3, -0.25) is 10.1 Å². The fourth-order valence-electron chi connectivity index (χ4n) is 2.09. The van der Waals surface area contributed by atoms with Gasteiger partial charge in [0.1, 0.15) is 0 Å². The average Bonchev–Trinajstić information content (AvgIpc) is 2.45. The van der Waals surface area contributed by atoms with Crippen molar-refractivity contribution < 1.29 is 4.92 Å². The second-order valence-electron chi connectivity index (χ2n) is 5.12. The normalized spacial score (nSPS) is 10.2. The predicted molar refractivity (Wildman–Crippen MR) is 84.6 cm³/mol. The first-order valence-electron chi connectivity index (χ1n) is 7.16. The van der Waals surface area contributed by atoms with Crippen molar-refractivity contribution in [2.45, 2.75) is 39.7 Å². The number of nitro groups is 1. The Labute approximate surface area is 125 Å². The van der Waals surface area contributed by atoms with Gasteiger partial charge < -0.3 is 10.2 Å². The topological polar surface area (TPSA) is 82.2 Å². The maximum absolute atomic E-state index is 11.1. The van der Waals surface area contributed by atoms with E-state index in [1.807, 2.05) is 31.7 Å². The summed E-state index contributed by atoms with van der Waals surface area (Å²) in [6, 6.07) is 7.29. The Bertz CT molecular complexity index is 523. The van der Waals surface area contributed by atoms with Crippen molar-refractivity contribution in [3.05, 3.63) is 28.3 Å². The molecule has 0 radical (unpaired) electrons. The molecular weight excluding hydrogens is 268 g/mol. The van der Waals surface area contributed by atoms with E-state index in [0.717, 1.165) is 24.3 Å². The first-order chi connectivity index (χ1) is 9.99. The van der Waals surface area contributed by atoms with Gasteiger partial charge in [0, 0.05) is 42.6 Å². The Kier molecular flexibility index (Phi) is 6.47. The summed E-state index contributed by atoms with van der Waals surface area (Å²) in [5, 5.41) is 23.0. The second kappa shape index (κ2) is 8.10. The summed E-state index contributed by atoms with van der Waals surface area (Å²) >= 11 is 0. The van der Waals surface area contributed by atoms with E-state index in [4.69, 9.17) is 5.26 Å². The van der Waals surface area contributed by atoms with Crippen molar-refractivity contribution in [1.29, 1.82) is 5.26 Å². The minimum Gasteiger partial charge on any atom is -0.385 e. The summed E-state index contributed by atoms with van der Waals surface area (Å²) in [7, 11) is 0. The van der Waals surface area contributed by atoms with E-state index in [2.05, 4.69) is 11.4 Å². The van der Waals surface area contributed by atoms with Crippen LogP contribution in [0.15, 0.2) is 18.2 Å². The molecule has 0 atom stereocenters. The number of rotatable bonds is 8. The standard InChI is InChI=1S/C15H22N4O2/c1-4-7-17-13-9-14(11-15(10-13)19(20)21)18(12(2)3)8-5-6-16/h9-12,17H,4-5,7-8H2,1-3H3. The molecule has 0 saturated carbocycles. The van der Waals surface area contributed by atoms with Crippen LogP contribution in [0.4, 0.5) is 17.1 Å². The van der Waals surface area contributed by atoms with E-state index in [1.54, 1.807) is 12.1 Å². The molecule has 0 heterocycles. The molecule has 21 heavy (non-hydrogen) atoms. The maximum Gasteiger partial charge on any atom is 0.273 e. The molecule has 0 aliphatic carbocycles. The van der Waals surface area contributed by atoms with E-state index >= 15 is 0 Å². The molecule has 0 aliphatic rings. The van der Waals surface area contributed by atoms with Gasteiger partial charge in [-0.05, 0) is 26.3 Å². The Morgan fingerprint density at radius 1 is 1.43 bits per heavy atom. The number of non-ortho nitro benzene ring substituents is 1. The quantitative estimate of drug-likeness (QED) is 0.585. The predicted octanol–water partition coefficient (Wildman–Crippen LogP) is 3.55. The fraction of sp³-hybridized carbons (Fsp3) is 0.533. The third-order valence-electron chi connectivity index (χ3n) is 3.11. The number of nitrogens with one attached hydrogen (secondary N) is 1.